The summed E-state index contributed by atoms with van der Waals surface area (Å²) in [6, 6.07) is 11.5. The molecule has 2 amide bonds. The number of nitrogens with zero attached hydrogens (tertiary/aromatic N) is 2. The third-order valence-corrected chi connectivity index (χ3v) is 8.25. The third-order valence-electron chi connectivity index (χ3n) is 8.01. The molecular weight excluding hydrogens is 520 g/mol. The molecule has 0 radical (unpaired) electrons. The van der Waals surface area contributed by atoms with Crippen molar-refractivity contribution in [1.82, 2.24) is 9.80 Å². The highest BCUT2D eigenvalue weighted by Crippen LogP contribution is 2.45. The Morgan fingerprint density at radius 1 is 1.05 bits per heavy atom. The highest BCUT2D eigenvalue weighted by Gasteiger charge is 2.39. The first kappa shape index (κ1) is 27.3. The summed E-state index contributed by atoms with van der Waals surface area (Å²) in [6.45, 7) is 6.07. The summed E-state index contributed by atoms with van der Waals surface area (Å²) in [6.07, 6.45) is 1.48. The van der Waals surface area contributed by atoms with Gasteiger partial charge in [-0.1, -0.05) is 43.6 Å². The van der Waals surface area contributed by atoms with E-state index in [2.05, 4.69) is 13.8 Å². The first-order chi connectivity index (χ1) is 18.7. The fourth-order valence-corrected chi connectivity index (χ4v) is 6.22. The second-order valence-corrected chi connectivity index (χ2v) is 11.5. The lowest BCUT2D eigenvalue weighted by Gasteiger charge is -2.33. The van der Waals surface area contributed by atoms with E-state index >= 15 is 0 Å². The maximum Gasteiger partial charge on any atom is 0.306 e. The van der Waals surface area contributed by atoms with E-state index in [0.717, 1.165) is 16.7 Å². The van der Waals surface area contributed by atoms with Crippen LogP contribution < -0.4 is 9.47 Å². The summed E-state index contributed by atoms with van der Waals surface area (Å²) in [5.74, 6) is -0.591. The molecule has 1 saturated heterocycles. The summed E-state index contributed by atoms with van der Waals surface area (Å²) in [5, 5.41) is 9.92. The molecule has 2 aromatic rings. The molecule has 0 aromatic heterocycles. The van der Waals surface area contributed by atoms with Gasteiger partial charge in [0.2, 0.25) is 11.8 Å². The van der Waals surface area contributed by atoms with Gasteiger partial charge in [0, 0.05) is 36.1 Å². The standard InChI is InChI=1S/C30H35ClN2O6/c1-18(2)14-24-21-7-6-20(31)15-23(21)25(22-4-3-5-26-28(22)39-13-12-38-26)16-33(29(24)35)17-27(34)32-10-8-19(9-11-32)30(36)37/h3-7,15,18-19,24-25H,8-14,16-17H2,1-2H3,(H,36,37). The van der Waals surface area contributed by atoms with Crippen molar-refractivity contribution in [1.29, 1.82) is 0 Å². The number of hydrogen-bond acceptors (Lipinski definition) is 5. The van der Waals surface area contributed by atoms with Gasteiger partial charge in [-0.05, 0) is 54.5 Å². The third kappa shape index (κ3) is 5.71. The minimum Gasteiger partial charge on any atom is -0.486 e. The Labute approximate surface area is 233 Å². The Kier molecular flexibility index (Phi) is 8.03. The number of piperidine rings is 1. The molecule has 0 spiro atoms. The Bertz CT molecular complexity index is 1260. The van der Waals surface area contributed by atoms with Crippen molar-refractivity contribution in [2.24, 2.45) is 11.8 Å². The van der Waals surface area contributed by atoms with E-state index in [9.17, 15) is 19.5 Å². The number of halogens is 1. The lowest BCUT2D eigenvalue weighted by atomic mass is 9.82. The van der Waals surface area contributed by atoms with Gasteiger partial charge in [-0.3, -0.25) is 14.4 Å². The van der Waals surface area contributed by atoms with Gasteiger partial charge in [-0.25, -0.2) is 0 Å². The van der Waals surface area contributed by atoms with Gasteiger partial charge >= 0.3 is 5.97 Å². The van der Waals surface area contributed by atoms with E-state index in [1.807, 2.05) is 36.4 Å². The lowest BCUT2D eigenvalue weighted by molar-refractivity contribution is -0.147. The molecular formula is C30H35ClN2O6. The number of carbonyl (C=O) groups is 3. The van der Waals surface area contributed by atoms with Crippen molar-refractivity contribution in [3.05, 3.63) is 58.1 Å². The van der Waals surface area contributed by atoms with Crippen molar-refractivity contribution < 1.29 is 29.0 Å². The molecule has 1 N–H and O–H groups in total. The first-order valence-corrected chi connectivity index (χ1v) is 14.1. The summed E-state index contributed by atoms with van der Waals surface area (Å²) in [5.41, 5.74) is 2.78. The summed E-state index contributed by atoms with van der Waals surface area (Å²) < 4.78 is 11.9. The van der Waals surface area contributed by atoms with E-state index in [4.69, 9.17) is 21.1 Å². The average Bonchev–Trinajstić information content (AvgIpc) is 3.03. The summed E-state index contributed by atoms with van der Waals surface area (Å²) >= 11 is 6.52. The van der Waals surface area contributed by atoms with E-state index in [0.29, 0.717) is 62.1 Å². The predicted molar refractivity (Wildman–Crippen MR) is 146 cm³/mol. The second-order valence-electron chi connectivity index (χ2n) is 11.1. The predicted octanol–water partition coefficient (Wildman–Crippen LogP) is 4.54. The summed E-state index contributed by atoms with van der Waals surface area (Å²) in [7, 11) is 0. The molecule has 0 bridgehead atoms. The minimum absolute atomic E-state index is 0.0598. The molecule has 5 rings (SSSR count). The topological polar surface area (TPSA) is 96.4 Å². The molecule has 9 heteroatoms. The number of aliphatic carboxylic acids is 1. The van der Waals surface area contributed by atoms with E-state index in [-0.39, 0.29) is 36.7 Å². The van der Waals surface area contributed by atoms with Gasteiger partial charge < -0.3 is 24.4 Å². The fourth-order valence-electron chi connectivity index (χ4n) is 6.04. The lowest BCUT2D eigenvalue weighted by Crippen LogP contribution is -2.47. The number of carbonyl (C=O) groups excluding carboxylic acids is 2. The van der Waals surface area contributed by atoms with Crippen LogP contribution in [-0.2, 0) is 14.4 Å². The van der Waals surface area contributed by atoms with Crippen molar-refractivity contribution >= 4 is 29.4 Å². The Morgan fingerprint density at radius 3 is 2.51 bits per heavy atom. The maximum absolute atomic E-state index is 14.1. The average molecular weight is 555 g/mol. The maximum atomic E-state index is 14.1. The van der Waals surface area contributed by atoms with Gasteiger partial charge in [0.05, 0.1) is 18.4 Å². The number of carboxylic acid groups (broad SMARTS) is 1. The van der Waals surface area contributed by atoms with E-state index in [1.165, 1.54) is 0 Å². The van der Waals surface area contributed by atoms with Crippen molar-refractivity contribution in [2.45, 2.75) is 44.9 Å². The zero-order valence-electron chi connectivity index (χ0n) is 22.4. The zero-order valence-corrected chi connectivity index (χ0v) is 23.2. The number of carboxylic acids is 1. The van der Waals surface area contributed by atoms with Crippen molar-refractivity contribution in [3.8, 4) is 11.5 Å². The molecule has 3 aliphatic heterocycles. The van der Waals surface area contributed by atoms with Gasteiger partial charge in [0.15, 0.2) is 11.5 Å². The van der Waals surface area contributed by atoms with Crippen LogP contribution in [0.3, 0.4) is 0 Å². The highest BCUT2D eigenvalue weighted by atomic mass is 35.5. The van der Waals surface area contributed by atoms with Crippen molar-refractivity contribution in [3.63, 3.8) is 0 Å². The molecule has 0 aliphatic carbocycles. The van der Waals surface area contributed by atoms with Crippen LogP contribution in [0.1, 0.15) is 61.6 Å². The molecule has 3 aliphatic rings. The number of ether oxygens (including phenoxy) is 2. The largest absolute Gasteiger partial charge is 0.486 e. The SMILES string of the molecule is CC(C)CC1C(=O)N(CC(=O)N2CCC(C(=O)O)CC2)CC(c2cccc3c2OCCO3)c2cc(Cl)ccc21. The number of fused-ring (bicyclic) bond motifs is 2. The van der Waals surface area contributed by atoms with Crippen LogP contribution in [0.4, 0.5) is 0 Å². The molecule has 208 valence electrons. The Morgan fingerprint density at radius 2 is 1.79 bits per heavy atom. The van der Waals surface area contributed by atoms with Crippen LogP contribution in [0, 0.1) is 11.8 Å². The Balaban J connectivity index is 1.52. The van der Waals surface area contributed by atoms with Gasteiger partial charge in [-0.15, -0.1) is 0 Å². The van der Waals surface area contributed by atoms with Crippen molar-refractivity contribution in [2.75, 3.05) is 39.4 Å². The molecule has 0 saturated carbocycles. The summed E-state index contributed by atoms with van der Waals surface area (Å²) in [4.78, 5) is 42.3. The number of hydrogen-bond donors (Lipinski definition) is 1. The van der Waals surface area contributed by atoms with E-state index in [1.54, 1.807) is 9.80 Å². The fraction of sp³-hybridized carbons (Fsp3) is 0.500. The smallest absolute Gasteiger partial charge is 0.306 e. The normalized spacial score (nSPS) is 21.5. The molecule has 39 heavy (non-hydrogen) atoms. The molecule has 1 fully saturated rings. The van der Waals surface area contributed by atoms with Crippen LogP contribution in [0.15, 0.2) is 36.4 Å². The number of amides is 2. The monoisotopic (exact) mass is 554 g/mol. The number of para-hydroxylation sites is 1. The zero-order chi connectivity index (χ0) is 27.7. The molecule has 8 nitrogen and oxygen atoms in total. The van der Waals surface area contributed by atoms with E-state index < -0.39 is 17.8 Å². The van der Waals surface area contributed by atoms with Gasteiger partial charge in [0.25, 0.3) is 0 Å². The minimum atomic E-state index is -0.821. The van der Waals surface area contributed by atoms with Crippen LogP contribution >= 0.6 is 11.6 Å². The number of likely N-dealkylation sites (tertiary alicyclic amines) is 1. The molecule has 3 heterocycles. The quantitative estimate of drug-likeness (QED) is 0.563. The van der Waals surface area contributed by atoms with Crippen LogP contribution in [-0.4, -0.2) is 72.1 Å². The van der Waals surface area contributed by atoms with Gasteiger partial charge in [-0.2, -0.15) is 0 Å². The number of benzene rings is 2. The Hall–Kier alpha value is -3.26. The van der Waals surface area contributed by atoms with Gasteiger partial charge in [0.1, 0.15) is 13.2 Å². The van der Waals surface area contributed by atoms with Crippen LogP contribution in [0.2, 0.25) is 5.02 Å². The van der Waals surface area contributed by atoms with Crippen LogP contribution in [0.5, 0.6) is 11.5 Å². The highest BCUT2D eigenvalue weighted by molar-refractivity contribution is 6.30. The molecule has 2 aromatic carbocycles. The molecule has 2 atom stereocenters. The van der Waals surface area contributed by atoms with Crippen LogP contribution in [0.25, 0.3) is 0 Å². The first-order valence-electron chi connectivity index (χ1n) is 13.7. The number of rotatable bonds is 6. The second kappa shape index (κ2) is 11.5. The molecule has 2 unspecified atom stereocenters.